The molecular weight excluding hydrogens is 578 g/mol. The van der Waals surface area contributed by atoms with Crippen molar-refractivity contribution in [3.63, 3.8) is 0 Å². The van der Waals surface area contributed by atoms with E-state index in [0.29, 0.717) is 46.3 Å². The zero-order valence-electron chi connectivity index (χ0n) is 25.7. The Kier molecular flexibility index (Phi) is 8.84. The molecule has 1 N–H and O–H groups in total. The molecule has 0 spiro atoms. The standard InChI is InChI=1S/C33H35N5O7/c1-5-6-17-36(32(43)44-33(2,3)4)18-21-7-9-22(10-8-21)25-19-37-20-26(34-31(37)35-29(25)41)23-11-13-24(14-12-23)30(42)45-38-27(39)15-16-28(38)40/h7-14,19-20H,5-6,15-18H2,1-4H3,(H,34,35,41). The first kappa shape index (κ1) is 31.2. The molecule has 0 radical (unpaired) electrons. The summed E-state index contributed by atoms with van der Waals surface area (Å²) < 4.78 is 7.30. The minimum absolute atomic E-state index is 0.0156. The van der Waals surface area contributed by atoms with Crippen LogP contribution in [-0.2, 0) is 25.7 Å². The van der Waals surface area contributed by atoms with E-state index in [1.165, 1.54) is 12.1 Å². The number of unbranched alkanes of at least 4 members (excludes halogenated alkanes) is 1. The Labute approximate surface area is 259 Å². The molecule has 1 saturated heterocycles. The van der Waals surface area contributed by atoms with Crippen LogP contribution in [0.2, 0.25) is 0 Å². The first-order valence-corrected chi connectivity index (χ1v) is 14.8. The van der Waals surface area contributed by atoms with Gasteiger partial charge in [-0.05, 0) is 50.5 Å². The van der Waals surface area contributed by atoms with Crippen LogP contribution < -0.4 is 5.56 Å². The Morgan fingerprint density at radius 3 is 2.20 bits per heavy atom. The number of hydrogen-bond donors (Lipinski definition) is 1. The van der Waals surface area contributed by atoms with Gasteiger partial charge in [-0.3, -0.25) is 23.8 Å². The molecule has 1 aliphatic heterocycles. The van der Waals surface area contributed by atoms with Gasteiger partial charge in [0.25, 0.3) is 17.4 Å². The third-order valence-electron chi connectivity index (χ3n) is 7.14. The fraction of sp³-hybridized carbons (Fsp3) is 0.333. The number of H-pyrrole nitrogens is 1. The molecule has 45 heavy (non-hydrogen) atoms. The summed E-state index contributed by atoms with van der Waals surface area (Å²) in [5.41, 5.74) is 2.54. The molecule has 0 aliphatic carbocycles. The number of imide groups is 1. The number of nitrogens with zero attached hydrogens (tertiary/aromatic N) is 4. The van der Waals surface area contributed by atoms with Crippen LogP contribution in [0, 0.1) is 0 Å². The Bertz CT molecular complexity index is 1780. The molecule has 2 aromatic carbocycles. The van der Waals surface area contributed by atoms with Crippen molar-refractivity contribution < 1.29 is 28.8 Å². The number of benzene rings is 2. The third-order valence-corrected chi connectivity index (χ3v) is 7.14. The van der Waals surface area contributed by atoms with Crippen LogP contribution in [0.5, 0.6) is 0 Å². The predicted molar refractivity (Wildman–Crippen MR) is 165 cm³/mol. The highest BCUT2D eigenvalue weighted by Gasteiger charge is 2.33. The van der Waals surface area contributed by atoms with Crippen LogP contribution in [0.15, 0.2) is 65.7 Å². The van der Waals surface area contributed by atoms with Gasteiger partial charge in [0.15, 0.2) is 0 Å². The van der Waals surface area contributed by atoms with Gasteiger partial charge in [0.2, 0.25) is 5.78 Å². The number of ether oxygens (including phenoxy) is 1. The summed E-state index contributed by atoms with van der Waals surface area (Å²) in [7, 11) is 0. The number of aromatic nitrogens is 3. The molecule has 234 valence electrons. The normalized spacial score (nSPS) is 13.4. The number of hydrogen-bond acceptors (Lipinski definition) is 8. The maximum absolute atomic E-state index is 13.0. The molecule has 12 nitrogen and oxygen atoms in total. The van der Waals surface area contributed by atoms with E-state index in [0.717, 1.165) is 18.4 Å². The fourth-order valence-corrected chi connectivity index (χ4v) is 4.79. The van der Waals surface area contributed by atoms with Crippen molar-refractivity contribution >= 4 is 29.7 Å². The highest BCUT2D eigenvalue weighted by Crippen LogP contribution is 2.23. The minimum Gasteiger partial charge on any atom is -0.444 e. The number of hydroxylamine groups is 2. The first-order chi connectivity index (χ1) is 21.4. The number of carbonyl (C=O) groups is 4. The van der Waals surface area contributed by atoms with E-state index in [-0.39, 0.29) is 30.1 Å². The van der Waals surface area contributed by atoms with Crippen LogP contribution in [0.1, 0.15) is 69.3 Å². The summed E-state index contributed by atoms with van der Waals surface area (Å²) in [6.07, 6.45) is 4.93. The Morgan fingerprint density at radius 1 is 0.933 bits per heavy atom. The zero-order valence-corrected chi connectivity index (χ0v) is 25.7. The van der Waals surface area contributed by atoms with E-state index in [9.17, 15) is 24.0 Å². The Morgan fingerprint density at radius 2 is 1.58 bits per heavy atom. The second-order valence-corrected chi connectivity index (χ2v) is 11.8. The summed E-state index contributed by atoms with van der Waals surface area (Å²) in [5, 5.41) is 0.506. The maximum atomic E-state index is 13.0. The second-order valence-electron chi connectivity index (χ2n) is 11.8. The number of carbonyl (C=O) groups excluding carboxylic acids is 4. The van der Waals surface area contributed by atoms with Crippen molar-refractivity contribution in [3.05, 3.63) is 82.4 Å². The molecule has 5 rings (SSSR count). The summed E-state index contributed by atoms with van der Waals surface area (Å²) in [5.74, 6) is -1.58. The summed E-state index contributed by atoms with van der Waals surface area (Å²) >= 11 is 0. The number of imidazole rings is 1. The van der Waals surface area contributed by atoms with Crippen LogP contribution in [0.3, 0.4) is 0 Å². The van der Waals surface area contributed by atoms with E-state index in [4.69, 9.17) is 9.57 Å². The van der Waals surface area contributed by atoms with E-state index < -0.39 is 23.4 Å². The Hall–Kier alpha value is -5.26. The number of aromatic amines is 1. The molecule has 0 bridgehead atoms. The third kappa shape index (κ3) is 7.28. The van der Waals surface area contributed by atoms with Crippen LogP contribution in [0.4, 0.5) is 4.79 Å². The molecule has 2 aromatic heterocycles. The number of rotatable bonds is 9. The molecule has 1 aliphatic rings. The molecule has 12 heteroatoms. The predicted octanol–water partition coefficient (Wildman–Crippen LogP) is 5.11. The van der Waals surface area contributed by atoms with Gasteiger partial charge >= 0.3 is 12.1 Å². The monoisotopic (exact) mass is 613 g/mol. The molecule has 3 heterocycles. The summed E-state index contributed by atoms with van der Waals surface area (Å²) in [6.45, 7) is 8.57. The van der Waals surface area contributed by atoms with E-state index >= 15 is 0 Å². The largest absolute Gasteiger partial charge is 0.444 e. The lowest BCUT2D eigenvalue weighted by molar-refractivity contribution is -0.172. The maximum Gasteiger partial charge on any atom is 0.410 e. The van der Waals surface area contributed by atoms with Crippen molar-refractivity contribution in [1.29, 1.82) is 0 Å². The highest BCUT2D eigenvalue weighted by molar-refractivity contribution is 6.02. The lowest BCUT2D eigenvalue weighted by Crippen LogP contribution is -2.37. The quantitative estimate of drug-likeness (QED) is 0.257. The van der Waals surface area contributed by atoms with E-state index in [1.54, 1.807) is 33.8 Å². The molecular formula is C33H35N5O7. The van der Waals surface area contributed by atoms with Gasteiger partial charge < -0.3 is 14.5 Å². The highest BCUT2D eigenvalue weighted by atomic mass is 16.7. The topological polar surface area (TPSA) is 143 Å². The van der Waals surface area contributed by atoms with Gasteiger partial charge in [-0.25, -0.2) is 14.6 Å². The van der Waals surface area contributed by atoms with Crippen molar-refractivity contribution in [2.24, 2.45) is 0 Å². The summed E-state index contributed by atoms with van der Waals surface area (Å²) in [6, 6.07) is 13.8. The van der Waals surface area contributed by atoms with Gasteiger partial charge in [0, 0.05) is 43.9 Å². The molecule has 4 aromatic rings. The van der Waals surface area contributed by atoms with Gasteiger partial charge in [0.05, 0.1) is 16.8 Å². The average Bonchev–Trinajstić information content (AvgIpc) is 3.56. The van der Waals surface area contributed by atoms with Crippen molar-refractivity contribution in [2.45, 2.75) is 65.5 Å². The van der Waals surface area contributed by atoms with Gasteiger partial charge in [-0.15, -0.1) is 5.06 Å². The lowest BCUT2D eigenvalue weighted by atomic mass is 10.1. The second kappa shape index (κ2) is 12.8. The first-order valence-electron chi connectivity index (χ1n) is 14.8. The van der Waals surface area contributed by atoms with E-state index in [2.05, 4.69) is 16.9 Å². The van der Waals surface area contributed by atoms with Gasteiger partial charge in [-0.2, -0.15) is 0 Å². The van der Waals surface area contributed by atoms with Gasteiger partial charge in [0.1, 0.15) is 5.60 Å². The van der Waals surface area contributed by atoms with E-state index in [1.807, 2.05) is 45.0 Å². The van der Waals surface area contributed by atoms with Crippen LogP contribution in [-0.4, -0.2) is 60.4 Å². The Balaban J connectivity index is 1.31. The molecule has 3 amide bonds. The summed E-state index contributed by atoms with van der Waals surface area (Å²) in [4.78, 5) is 75.7. The smallest absolute Gasteiger partial charge is 0.410 e. The van der Waals surface area contributed by atoms with Crippen molar-refractivity contribution in [3.8, 4) is 22.4 Å². The van der Waals surface area contributed by atoms with Gasteiger partial charge in [-0.1, -0.05) is 49.7 Å². The lowest BCUT2D eigenvalue weighted by Gasteiger charge is -2.27. The SMILES string of the molecule is CCCCN(Cc1ccc(-c2cn3cc(-c4ccc(C(=O)ON5C(=O)CCC5=O)cc4)nc3[nH]c2=O)cc1)C(=O)OC(C)(C)C. The fourth-order valence-electron chi connectivity index (χ4n) is 4.79. The molecule has 0 unspecified atom stereocenters. The van der Waals surface area contributed by atoms with Crippen molar-refractivity contribution in [1.82, 2.24) is 24.3 Å². The molecule has 0 saturated carbocycles. The zero-order chi connectivity index (χ0) is 32.3. The van der Waals surface area contributed by atoms with Crippen molar-refractivity contribution in [2.75, 3.05) is 6.54 Å². The van der Waals surface area contributed by atoms with Crippen LogP contribution in [0.25, 0.3) is 28.2 Å². The number of amides is 3. The minimum atomic E-state index is -0.821. The number of nitrogens with one attached hydrogen (secondary N) is 1. The average molecular weight is 614 g/mol. The molecule has 0 atom stereocenters. The number of fused-ring (bicyclic) bond motifs is 1. The molecule has 1 fully saturated rings. The van der Waals surface area contributed by atoms with Crippen LogP contribution >= 0.6 is 0 Å².